The van der Waals surface area contributed by atoms with E-state index in [4.69, 9.17) is 11.6 Å². The van der Waals surface area contributed by atoms with E-state index in [0.717, 1.165) is 12.1 Å². The van der Waals surface area contributed by atoms with Gasteiger partial charge < -0.3 is 0 Å². The number of aromatic nitrogens is 4. The van der Waals surface area contributed by atoms with Crippen LogP contribution in [0.2, 0.25) is 5.15 Å². The maximum Gasteiger partial charge on any atom is 0.329 e. The maximum absolute atomic E-state index is 11.1. The number of nitrogens with zero attached hydrogens (tertiary/aromatic N) is 5. The van der Waals surface area contributed by atoms with Gasteiger partial charge in [-0.3, -0.25) is 10.1 Å². The van der Waals surface area contributed by atoms with Crippen molar-refractivity contribution in [2.45, 2.75) is 26.7 Å². The van der Waals surface area contributed by atoms with E-state index in [-0.39, 0.29) is 10.8 Å². The standard InChI is InChI=1S/C11H12ClN5O2/c1-3-4-8-10(17(18)19)11(12)16(15-8)9-5-7(2)13-6-14-9/h5-6H,3-4H2,1-2H3. The van der Waals surface area contributed by atoms with Crippen LogP contribution in [0.25, 0.3) is 5.82 Å². The number of rotatable bonds is 4. The Morgan fingerprint density at radius 3 is 2.79 bits per heavy atom. The zero-order valence-electron chi connectivity index (χ0n) is 10.5. The van der Waals surface area contributed by atoms with Gasteiger partial charge in [-0.05, 0) is 13.3 Å². The Bertz CT molecular complexity index is 626. The highest BCUT2D eigenvalue weighted by molar-refractivity contribution is 6.32. The van der Waals surface area contributed by atoms with E-state index in [0.29, 0.717) is 17.9 Å². The van der Waals surface area contributed by atoms with Crippen molar-refractivity contribution in [3.63, 3.8) is 0 Å². The van der Waals surface area contributed by atoms with Crippen LogP contribution < -0.4 is 0 Å². The second-order valence-electron chi connectivity index (χ2n) is 4.02. The van der Waals surface area contributed by atoms with Crippen molar-refractivity contribution in [3.05, 3.63) is 39.0 Å². The summed E-state index contributed by atoms with van der Waals surface area (Å²) in [6.07, 6.45) is 2.61. The molecule has 0 radical (unpaired) electrons. The number of aryl methyl sites for hydroxylation is 2. The second-order valence-corrected chi connectivity index (χ2v) is 4.38. The Hall–Kier alpha value is -2.02. The van der Waals surface area contributed by atoms with E-state index in [2.05, 4.69) is 15.1 Å². The van der Waals surface area contributed by atoms with Crippen LogP contribution in [-0.4, -0.2) is 24.7 Å². The van der Waals surface area contributed by atoms with Crippen molar-refractivity contribution < 1.29 is 4.92 Å². The highest BCUT2D eigenvalue weighted by Gasteiger charge is 2.27. The molecular formula is C11H12ClN5O2. The van der Waals surface area contributed by atoms with E-state index < -0.39 is 4.92 Å². The average Bonchev–Trinajstić information content (AvgIpc) is 2.67. The Labute approximate surface area is 114 Å². The Balaban J connectivity index is 2.59. The van der Waals surface area contributed by atoms with E-state index in [9.17, 15) is 10.1 Å². The van der Waals surface area contributed by atoms with Gasteiger partial charge in [0.25, 0.3) is 0 Å². The topological polar surface area (TPSA) is 86.7 Å². The molecule has 0 fully saturated rings. The highest BCUT2D eigenvalue weighted by Crippen LogP contribution is 2.30. The lowest BCUT2D eigenvalue weighted by atomic mass is 10.2. The fourth-order valence-corrected chi connectivity index (χ4v) is 2.03. The summed E-state index contributed by atoms with van der Waals surface area (Å²) in [6, 6.07) is 1.67. The first-order valence-corrected chi connectivity index (χ1v) is 6.13. The molecule has 2 aromatic heterocycles. The van der Waals surface area contributed by atoms with Crippen LogP contribution in [0.5, 0.6) is 0 Å². The van der Waals surface area contributed by atoms with Gasteiger partial charge in [-0.25, -0.2) is 9.97 Å². The molecule has 19 heavy (non-hydrogen) atoms. The van der Waals surface area contributed by atoms with Gasteiger partial charge in [0.15, 0.2) is 5.82 Å². The van der Waals surface area contributed by atoms with Crippen LogP contribution in [-0.2, 0) is 6.42 Å². The van der Waals surface area contributed by atoms with Crippen molar-refractivity contribution in [2.75, 3.05) is 0 Å². The van der Waals surface area contributed by atoms with Crippen LogP contribution in [0, 0.1) is 17.0 Å². The van der Waals surface area contributed by atoms with Gasteiger partial charge in [0, 0.05) is 11.8 Å². The predicted molar refractivity (Wildman–Crippen MR) is 69.6 cm³/mol. The van der Waals surface area contributed by atoms with Gasteiger partial charge in [-0.15, -0.1) is 0 Å². The molecule has 0 aliphatic heterocycles. The Morgan fingerprint density at radius 1 is 1.47 bits per heavy atom. The maximum atomic E-state index is 11.1. The quantitative estimate of drug-likeness (QED) is 0.635. The van der Waals surface area contributed by atoms with Crippen LogP contribution >= 0.6 is 11.6 Å². The van der Waals surface area contributed by atoms with E-state index >= 15 is 0 Å². The molecule has 0 atom stereocenters. The first-order valence-electron chi connectivity index (χ1n) is 5.75. The number of hydrogen-bond acceptors (Lipinski definition) is 5. The lowest BCUT2D eigenvalue weighted by molar-refractivity contribution is -0.385. The van der Waals surface area contributed by atoms with Crippen molar-refractivity contribution in [1.82, 2.24) is 19.7 Å². The molecule has 0 saturated heterocycles. The van der Waals surface area contributed by atoms with Crippen LogP contribution in [0.4, 0.5) is 5.69 Å². The number of hydrogen-bond donors (Lipinski definition) is 0. The molecular weight excluding hydrogens is 270 g/mol. The Morgan fingerprint density at radius 2 is 2.21 bits per heavy atom. The molecule has 0 N–H and O–H groups in total. The van der Waals surface area contributed by atoms with Crippen molar-refractivity contribution in [2.24, 2.45) is 0 Å². The van der Waals surface area contributed by atoms with Crippen LogP contribution in [0.3, 0.4) is 0 Å². The van der Waals surface area contributed by atoms with E-state index in [1.54, 1.807) is 13.0 Å². The SMILES string of the molecule is CCCc1nn(-c2cc(C)ncn2)c(Cl)c1[N+](=O)[O-]. The summed E-state index contributed by atoms with van der Waals surface area (Å²) in [5, 5.41) is 15.2. The summed E-state index contributed by atoms with van der Waals surface area (Å²) in [7, 11) is 0. The Kier molecular flexibility index (Phi) is 3.75. The summed E-state index contributed by atoms with van der Waals surface area (Å²) < 4.78 is 1.28. The molecule has 0 amide bonds. The third-order valence-corrected chi connectivity index (χ3v) is 2.89. The summed E-state index contributed by atoms with van der Waals surface area (Å²) in [4.78, 5) is 18.5. The molecule has 0 aliphatic carbocycles. The monoisotopic (exact) mass is 281 g/mol. The highest BCUT2D eigenvalue weighted by atomic mass is 35.5. The third kappa shape index (κ3) is 2.55. The minimum absolute atomic E-state index is 0.0356. The second kappa shape index (κ2) is 5.31. The summed E-state index contributed by atoms with van der Waals surface area (Å²) in [5.74, 6) is 0.419. The lowest BCUT2D eigenvalue weighted by Gasteiger charge is -2.00. The summed E-state index contributed by atoms with van der Waals surface area (Å²) >= 11 is 6.05. The molecule has 0 saturated carbocycles. The largest absolute Gasteiger partial charge is 0.329 e. The van der Waals surface area contributed by atoms with Crippen LogP contribution in [0.15, 0.2) is 12.4 Å². The van der Waals surface area contributed by atoms with E-state index in [1.807, 2.05) is 6.92 Å². The van der Waals surface area contributed by atoms with Crippen LogP contribution in [0.1, 0.15) is 24.7 Å². The minimum Gasteiger partial charge on any atom is -0.258 e. The van der Waals surface area contributed by atoms with Gasteiger partial charge in [-0.2, -0.15) is 9.78 Å². The zero-order valence-corrected chi connectivity index (χ0v) is 11.3. The number of nitro groups is 1. The van der Waals surface area contributed by atoms with Gasteiger partial charge >= 0.3 is 5.69 Å². The van der Waals surface area contributed by atoms with Gasteiger partial charge in [0.2, 0.25) is 5.15 Å². The molecule has 0 aromatic carbocycles. The molecule has 2 rings (SSSR count). The van der Waals surface area contributed by atoms with E-state index in [1.165, 1.54) is 11.0 Å². The van der Waals surface area contributed by atoms with Crippen molar-refractivity contribution >= 4 is 17.3 Å². The number of halogens is 1. The first-order chi connectivity index (χ1) is 9.04. The summed E-state index contributed by atoms with van der Waals surface area (Å²) in [6.45, 7) is 3.72. The lowest BCUT2D eigenvalue weighted by Crippen LogP contribution is -2.01. The molecule has 0 bridgehead atoms. The molecule has 2 heterocycles. The molecule has 0 spiro atoms. The smallest absolute Gasteiger partial charge is 0.258 e. The van der Waals surface area contributed by atoms with Crippen molar-refractivity contribution in [1.29, 1.82) is 0 Å². The molecule has 100 valence electrons. The third-order valence-electron chi connectivity index (χ3n) is 2.55. The fourth-order valence-electron chi connectivity index (χ4n) is 1.73. The molecule has 0 unspecified atom stereocenters. The summed E-state index contributed by atoms with van der Waals surface area (Å²) in [5.41, 5.74) is 0.949. The van der Waals surface area contributed by atoms with Gasteiger partial charge in [-0.1, -0.05) is 24.9 Å². The molecule has 7 nitrogen and oxygen atoms in total. The molecule has 2 aromatic rings. The van der Waals surface area contributed by atoms with Gasteiger partial charge in [0.05, 0.1) is 4.92 Å². The fraction of sp³-hybridized carbons (Fsp3) is 0.364. The average molecular weight is 282 g/mol. The van der Waals surface area contributed by atoms with Crippen molar-refractivity contribution in [3.8, 4) is 5.82 Å². The molecule has 0 aliphatic rings. The normalized spacial score (nSPS) is 10.7. The van der Waals surface area contributed by atoms with Gasteiger partial charge in [0.1, 0.15) is 12.0 Å². The minimum atomic E-state index is -0.509. The molecule has 8 heteroatoms. The predicted octanol–water partition coefficient (Wildman–Crippen LogP) is 2.48. The first kappa shape index (κ1) is 13.4. The zero-order chi connectivity index (χ0) is 14.0.